The van der Waals surface area contributed by atoms with Crippen LogP contribution < -0.4 is 20.7 Å². The van der Waals surface area contributed by atoms with Crippen LogP contribution in [0.25, 0.3) is 10.9 Å². The maximum absolute atomic E-state index is 13.3. The number of benzene rings is 1. The molecule has 1 aliphatic rings. The SMILES string of the molecule is COC(=O)[C@H](CC1CCNC1=O)NC(=O)C(CC(C)(C)C)NC(=O)c1cc2c(OC)cccc2[nH]1. The van der Waals surface area contributed by atoms with Crippen molar-refractivity contribution in [1.82, 2.24) is 20.9 Å². The van der Waals surface area contributed by atoms with Crippen molar-refractivity contribution in [2.45, 2.75) is 52.1 Å². The number of carbonyl (C=O) groups excluding carboxylic acids is 4. The summed E-state index contributed by atoms with van der Waals surface area (Å²) in [5.74, 6) is -1.54. The number of hydrogen-bond acceptors (Lipinski definition) is 6. The lowest BCUT2D eigenvalue weighted by molar-refractivity contribution is -0.146. The molecule has 1 aromatic heterocycles. The lowest BCUT2D eigenvalue weighted by Gasteiger charge is -2.28. The molecule has 10 heteroatoms. The highest BCUT2D eigenvalue weighted by atomic mass is 16.5. The van der Waals surface area contributed by atoms with E-state index in [4.69, 9.17) is 9.47 Å². The lowest BCUT2D eigenvalue weighted by Crippen LogP contribution is -2.53. The summed E-state index contributed by atoms with van der Waals surface area (Å²) >= 11 is 0. The molecule has 3 atom stereocenters. The fourth-order valence-corrected chi connectivity index (χ4v) is 4.27. The van der Waals surface area contributed by atoms with Crippen LogP contribution in [0.2, 0.25) is 0 Å². The van der Waals surface area contributed by atoms with Crippen LogP contribution in [0.15, 0.2) is 24.3 Å². The van der Waals surface area contributed by atoms with Gasteiger partial charge in [-0.05, 0) is 42.9 Å². The molecule has 10 nitrogen and oxygen atoms in total. The molecule has 3 amide bonds. The third-order valence-corrected chi connectivity index (χ3v) is 6.01. The number of hydrogen-bond donors (Lipinski definition) is 4. The van der Waals surface area contributed by atoms with Crippen molar-refractivity contribution < 1.29 is 28.7 Å². The monoisotopic (exact) mass is 486 g/mol. The number of carbonyl (C=O) groups is 4. The maximum atomic E-state index is 13.3. The van der Waals surface area contributed by atoms with Crippen LogP contribution in [0.1, 0.15) is 50.5 Å². The molecule has 1 aromatic carbocycles. The second kappa shape index (κ2) is 10.8. The standard InChI is InChI=1S/C25H34N4O6/c1-25(2,3)13-19(23(32)28-18(24(33)35-5)11-14-9-10-26-21(14)30)29-22(31)17-12-15-16(27-17)7-6-8-20(15)34-4/h6-8,12,14,18-19,27H,9-11,13H2,1-5H3,(H,26,30)(H,28,32)(H,29,31)/t14?,18-,19?/m0/s1. The van der Waals surface area contributed by atoms with Crippen LogP contribution in [-0.2, 0) is 19.1 Å². The molecule has 1 fully saturated rings. The minimum Gasteiger partial charge on any atom is -0.496 e. The molecule has 0 radical (unpaired) electrons. The fraction of sp³-hybridized carbons (Fsp3) is 0.520. The Balaban J connectivity index is 1.79. The maximum Gasteiger partial charge on any atom is 0.328 e. The molecule has 190 valence electrons. The van der Waals surface area contributed by atoms with E-state index in [0.717, 1.165) is 10.9 Å². The Bertz CT molecular complexity index is 1100. The van der Waals surface area contributed by atoms with Crippen LogP contribution in [0, 0.1) is 11.3 Å². The smallest absolute Gasteiger partial charge is 0.328 e. The van der Waals surface area contributed by atoms with Gasteiger partial charge in [0, 0.05) is 23.4 Å². The van der Waals surface area contributed by atoms with Crippen molar-refractivity contribution in [3.63, 3.8) is 0 Å². The van der Waals surface area contributed by atoms with E-state index in [9.17, 15) is 19.2 Å². The molecule has 0 aliphatic carbocycles. The van der Waals surface area contributed by atoms with Gasteiger partial charge in [0.25, 0.3) is 5.91 Å². The predicted octanol–water partition coefficient (Wildman–Crippen LogP) is 1.90. The molecule has 4 N–H and O–H groups in total. The third-order valence-electron chi connectivity index (χ3n) is 6.01. The minimum absolute atomic E-state index is 0.127. The Labute approximate surface area is 204 Å². The van der Waals surface area contributed by atoms with Gasteiger partial charge in [-0.15, -0.1) is 0 Å². The second-order valence-corrected chi connectivity index (χ2v) is 9.99. The summed E-state index contributed by atoms with van der Waals surface area (Å²) in [6.45, 7) is 6.39. The number of ether oxygens (including phenoxy) is 2. The number of esters is 1. The molecule has 0 saturated carbocycles. The second-order valence-electron chi connectivity index (χ2n) is 9.99. The average molecular weight is 487 g/mol. The number of nitrogens with one attached hydrogen (secondary N) is 4. The van der Waals surface area contributed by atoms with Crippen molar-refractivity contribution in [3.8, 4) is 5.75 Å². The average Bonchev–Trinajstić information content (AvgIpc) is 3.42. The first-order valence-corrected chi connectivity index (χ1v) is 11.6. The molecule has 35 heavy (non-hydrogen) atoms. The summed E-state index contributed by atoms with van der Waals surface area (Å²) < 4.78 is 10.2. The number of amides is 3. The number of fused-ring (bicyclic) bond motifs is 1. The van der Waals surface area contributed by atoms with Gasteiger partial charge in [0.15, 0.2) is 0 Å². The molecular formula is C25H34N4O6. The van der Waals surface area contributed by atoms with Crippen LogP contribution in [0.3, 0.4) is 0 Å². The number of methoxy groups -OCH3 is 2. The van der Waals surface area contributed by atoms with Gasteiger partial charge in [-0.2, -0.15) is 0 Å². The van der Waals surface area contributed by atoms with Crippen molar-refractivity contribution in [2.24, 2.45) is 11.3 Å². The van der Waals surface area contributed by atoms with Gasteiger partial charge in [-0.25, -0.2) is 4.79 Å². The zero-order chi connectivity index (χ0) is 25.8. The van der Waals surface area contributed by atoms with Crippen LogP contribution in [0.5, 0.6) is 5.75 Å². The zero-order valence-corrected chi connectivity index (χ0v) is 20.8. The largest absolute Gasteiger partial charge is 0.496 e. The number of H-pyrrole nitrogens is 1. The summed E-state index contributed by atoms with van der Waals surface area (Å²) in [5, 5.41) is 8.98. The van der Waals surface area contributed by atoms with Gasteiger partial charge in [0.05, 0.1) is 14.2 Å². The summed E-state index contributed by atoms with van der Waals surface area (Å²) in [4.78, 5) is 53.8. The fourth-order valence-electron chi connectivity index (χ4n) is 4.27. The summed E-state index contributed by atoms with van der Waals surface area (Å²) in [7, 11) is 2.78. The highest BCUT2D eigenvalue weighted by Gasteiger charge is 2.35. The van der Waals surface area contributed by atoms with Gasteiger partial charge >= 0.3 is 5.97 Å². The first-order valence-electron chi connectivity index (χ1n) is 11.6. The van der Waals surface area contributed by atoms with E-state index < -0.39 is 35.8 Å². The van der Waals surface area contributed by atoms with E-state index in [0.29, 0.717) is 25.1 Å². The first kappa shape index (κ1) is 26.1. The molecule has 2 unspecified atom stereocenters. The van der Waals surface area contributed by atoms with E-state index in [1.165, 1.54) is 7.11 Å². The quantitative estimate of drug-likeness (QED) is 0.399. The van der Waals surface area contributed by atoms with Crippen molar-refractivity contribution in [1.29, 1.82) is 0 Å². The van der Waals surface area contributed by atoms with Gasteiger partial charge in [-0.3, -0.25) is 14.4 Å². The highest BCUT2D eigenvalue weighted by Crippen LogP contribution is 2.27. The Morgan fingerprint density at radius 3 is 2.49 bits per heavy atom. The van der Waals surface area contributed by atoms with Crippen LogP contribution in [0.4, 0.5) is 0 Å². The molecular weight excluding hydrogens is 452 g/mol. The topological polar surface area (TPSA) is 139 Å². The summed E-state index contributed by atoms with van der Waals surface area (Å²) in [6, 6.07) is 5.19. The van der Waals surface area contributed by atoms with Gasteiger partial charge in [0.1, 0.15) is 23.5 Å². The lowest BCUT2D eigenvalue weighted by atomic mass is 9.87. The summed E-state index contributed by atoms with van der Waals surface area (Å²) in [6.07, 6.45) is 1.03. The molecule has 0 bridgehead atoms. The van der Waals surface area contributed by atoms with Crippen LogP contribution >= 0.6 is 0 Å². The normalized spacial score (nSPS) is 17.4. The third kappa shape index (κ3) is 6.52. The van der Waals surface area contributed by atoms with Gasteiger partial charge in [-0.1, -0.05) is 26.8 Å². The summed E-state index contributed by atoms with van der Waals surface area (Å²) in [5.41, 5.74) is 0.709. The van der Waals surface area contributed by atoms with E-state index in [1.807, 2.05) is 32.9 Å². The molecule has 3 rings (SSSR count). The van der Waals surface area contributed by atoms with E-state index in [-0.39, 0.29) is 23.4 Å². The number of aromatic nitrogens is 1. The highest BCUT2D eigenvalue weighted by molar-refractivity contribution is 6.01. The van der Waals surface area contributed by atoms with Gasteiger partial charge in [0.2, 0.25) is 11.8 Å². The van der Waals surface area contributed by atoms with Crippen molar-refractivity contribution >= 4 is 34.6 Å². The molecule has 1 aliphatic heterocycles. The molecule has 2 heterocycles. The van der Waals surface area contributed by atoms with Crippen LogP contribution in [-0.4, -0.2) is 61.5 Å². The van der Waals surface area contributed by atoms with E-state index >= 15 is 0 Å². The first-order chi connectivity index (χ1) is 16.5. The minimum atomic E-state index is -1.00. The van der Waals surface area contributed by atoms with Crippen molar-refractivity contribution in [2.75, 3.05) is 20.8 Å². The Kier molecular flexibility index (Phi) is 8.03. The Hall–Kier alpha value is -3.56. The Morgan fingerprint density at radius 2 is 1.89 bits per heavy atom. The molecule has 2 aromatic rings. The van der Waals surface area contributed by atoms with Crippen molar-refractivity contribution in [3.05, 3.63) is 30.0 Å². The molecule has 1 saturated heterocycles. The number of rotatable bonds is 9. The molecule has 0 spiro atoms. The number of aromatic amines is 1. The Morgan fingerprint density at radius 1 is 1.14 bits per heavy atom. The van der Waals surface area contributed by atoms with E-state index in [2.05, 4.69) is 20.9 Å². The predicted molar refractivity (Wildman–Crippen MR) is 130 cm³/mol. The zero-order valence-electron chi connectivity index (χ0n) is 20.8. The van der Waals surface area contributed by atoms with E-state index in [1.54, 1.807) is 19.2 Å². The van der Waals surface area contributed by atoms with Gasteiger partial charge < -0.3 is 30.4 Å².